The average Bonchev–Trinajstić information content (AvgIpc) is 2.01. The normalized spacial score (nSPS) is 11.6. The number of ketones is 2. The summed E-state index contributed by atoms with van der Waals surface area (Å²) in [6.45, 7) is 7.74. The van der Waals surface area contributed by atoms with E-state index in [0.29, 0.717) is 0 Å². The first-order chi connectivity index (χ1) is 6.49. The van der Waals surface area contributed by atoms with Gasteiger partial charge in [-0.25, -0.2) is 0 Å². The maximum atomic E-state index is 11.6. The molecule has 0 aliphatic carbocycles. The molecule has 0 saturated carbocycles. The zero-order valence-corrected chi connectivity index (χ0v) is 11.3. The molecule has 0 amide bonds. The number of hydrogen-bond acceptors (Lipinski definition) is 3. The molecule has 0 radical (unpaired) electrons. The topological polar surface area (TPSA) is 71.4 Å². The molecule has 4 nitrogen and oxygen atoms in total. The molecule has 5 heteroatoms. The Morgan fingerprint density at radius 1 is 0.938 bits per heavy atom. The van der Waals surface area contributed by atoms with E-state index in [4.69, 9.17) is 5.11 Å². The molecule has 0 aromatic rings. The van der Waals surface area contributed by atoms with Gasteiger partial charge >= 0.3 is 5.97 Å². The van der Waals surface area contributed by atoms with Crippen LogP contribution in [0.4, 0.5) is 0 Å². The third kappa shape index (κ3) is 4.45. The first-order valence-corrected chi connectivity index (χ1v) is 4.79. The summed E-state index contributed by atoms with van der Waals surface area (Å²) in [6.07, 6.45) is -0.317. The molecule has 0 spiro atoms. The molecule has 0 aliphatic heterocycles. The molecule has 0 heterocycles. The smallest absolute Gasteiger partial charge is 0.316 e. The van der Waals surface area contributed by atoms with Crippen LogP contribution in [0.5, 0.6) is 0 Å². The van der Waals surface area contributed by atoms with Gasteiger partial charge in [0.1, 0.15) is 11.2 Å². The van der Waals surface area contributed by atoms with E-state index in [9.17, 15) is 14.4 Å². The average molecular weight is 270 g/mol. The van der Waals surface area contributed by atoms with Gasteiger partial charge in [-0.2, -0.15) is 0 Å². The summed E-state index contributed by atoms with van der Waals surface area (Å²) in [4.78, 5) is 33.9. The Morgan fingerprint density at radius 2 is 1.31 bits per heavy atom. The summed E-state index contributed by atoms with van der Waals surface area (Å²) in [5.41, 5.74) is -2.09. The van der Waals surface area contributed by atoms with Crippen LogP contribution in [0.25, 0.3) is 0 Å². The number of carbonyl (C=O) groups is 3. The van der Waals surface area contributed by atoms with Crippen LogP contribution >= 0.6 is 0 Å². The molecule has 16 heavy (non-hydrogen) atoms. The van der Waals surface area contributed by atoms with Gasteiger partial charge in [0.15, 0.2) is 5.78 Å². The van der Waals surface area contributed by atoms with Gasteiger partial charge in [0, 0.05) is 22.5 Å². The molecular weight excluding hydrogens is 252 g/mol. The molecule has 0 atom stereocenters. The number of hydrogen-bond donors (Lipinski definition) is 1. The second-order valence-corrected chi connectivity index (χ2v) is 5.20. The van der Waals surface area contributed by atoms with E-state index in [1.165, 1.54) is 13.8 Å². The van der Waals surface area contributed by atoms with Crippen LogP contribution in [0.2, 0.25) is 0 Å². The number of rotatable bonds is 4. The molecule has 0 bridgehead atoms. The van der Waals surface area contributed by atoms with Gasteiger partial charge in [-0.1, -0.05) is 20.8 Å². The number of carbonyl (C=O) groups excluding carboxylic acids is 2. The molecule has 0 unspecified atom stereocenters. The fourth-order valence-corrected chi connectivity index (χ4v) is 0.751. The summed E-state index contributed by atoms with van der Waals surface area (Å²) >= 11 is 0. The van der Waals surface area contributed by atoms with Crippen molar-refractivity contribution in [2.45, 2.75) is 41.0 Å². The Hall–Kier alpha value is -0.671. The van der Waals surface area contributed by atoms with Crippen LogP contribution in [-0.4, -0.2) is 22.6 Å². The van der Waals surface area contributed by atoms with E-state index in [0.717, 1.165) is 0 Å². The first-order valence-electron chi connectivity index (χ1n) is 4.79. The van der Waals surface area contributed by atoms with Gasteiger partial charge in [-0.05, 0) is 13.8 Å². The van der Waals surface area contributed by atoms with Gasteiger partial charge in [-0.3, -0.25) is 14.4 Å². The Kier molecular flexibility index (Phi) is 6.20. The summed E-state index contributed by atoms with van der Waals surface area (Å²) < 4.78 is 0. The predicted octanol–water partition coefficient (Wildman–Crippen LogP) is 1.67. The van der Waals surface area contributed by atoms with E-state index in [2.05, 4.69) is 0 Å². The van der Waals surface area contributed by atoms with Crippen molar-refractivity contribution in [3.8, 4) is 0 Å². The van der Waals surface area contributed by atoms with Crippen molar-refractivity contribution in [2.75, 3.05) is 0 Å². The third-order valence-electron chi connectivity index (χ3n) is 2.39. The van der Waals surface area contributed by atoms with Crippen molar-refractivity contribution < 1.29 is 36.6 Å². The molecule has 0 saturated heterocycles. The van der Waals surface area contributed by atoms with Crippen LogP contribution < -0.4 is 0 Å². The molecule has 1 N–H and O–H groups in total. The molecule has 0 aromatic heterocycles. The quantitative estimate of drug-likeness (QED) is 0.623. The zero-order valence-electron chi connectivity index (χ0n) is 10.2. The Balaban J connectivity index is 0. The number of carboxylic acid groups (broad SMARTS) is 1. The number of Topliss-reactive ketones (excluding diaryl/α,β-unsaturated/α-hetero) is 2. The van der Waals surface area contributed by atoms with Crippen molar-refractivity contribution in [1.29, 1.82) is 0 Å². The van der Waals surface area contributed by atoms with E-state index in [1.54, 1.807) is 20.8 Å². The third-order valence-corrected chi connectivity index (χ3v) is 2.39. The Morgan fingerprint density at radius 3 is 1.56 bits per heavy atom. The van der Waals surface area contributed by atoms with E-state index >= 15 is 0 Å². The van der Waals surface area contributed by atoms with Gasteiger partial charge in [0.05, 0.1) is 6.42 Å². The minimum Gasteiger partial charge on any atom is -0.481 e. The minimum absolute atomic E-state index is 0. The van der Waals surface area contributed by atoms with Crippen LogP contribution in [0.1, 0.15) is 41.0 Å². The fraction of sp³-hybridized carbons (Fsp3) is 0.727. The van der Waals surface area contributed by atoms with Gasteiger partial charge < -0.3 is 5.11 Å². The first kappa shape index (κ1) is 17.7. The van der Waals surface area contributed by atoms with Crippen molar-refractivity contribution in [3.63, 3.8) is 0 Å². The zero-order chi connectivity index (χ0) is 12.4. The molecule has 0 fully saturated rings. The Bertz CT molecular complexity index is 300. The number of carboxylic acids is 1. The van der Waals surface area contributed by atoms with Crippen LogP contribution in [0.3, 0.4) is 0 Å². The van der Waals surface area contributed by atoms with E-state index in [-0.39, 0.29) is 29.3 Å². The van der Waals surface area contributed by atoms with Gasteiger partial charge in [0.2, 0.25) is 0 Å². The van der Waals surface area contributed by atoms with Gasteiger partial charge in [-0.15, -0.1) is 0 Å². The van der Waals surface area contributed by atoms with E-state index in [1.807, 2.05) is 0 Å². The summed E-state index contributed by atoms with van der Waals surface area (Å²) in [5, 5.41) is 8.80. The van der Waals surface area contributed by atoms with Gasteiger partial charge in [0.25, 0.3) is 0 Å². The standard InChI is InChI=1S/C11H18O4.Fe/c1-10(2,3)7(12)6-8(13)11(4,5)9(14)15;/h6H2,1-5H3,(H,14,15);. The van der Waals surface area contributed by atoms with Crippen LogP contribution in [0.15, 0.2) is 0 Å². The molecule has 0 aromatic carbocycles. The van der Waals surface area contributed by atoms with E-state index < -0.39 is 22.6 Å². The number of aliphatic carboxylic acids is 1. The molecule has 0 aliphatic rings. The summed E-state index contributed by atoms with van der Waals surface area (Å²) in [6, 6.07) is 0. The molecule has 0 rings (SSSR count). The Labute approximate surface area is 106 Å². The SMILES string of the molecule is CC(C)(C)C(=O)CC(=O)C(C)(C)C(=O)O.[Fe]. The van der Waals surface area contributed by atoms with Crippen molar-refractivity contribution in [3.05, 3.63) is 0 Å². The minimum atomic E-state index is -1.49. The maximum absolute atomic E-state index is 11.6. The second-order valence-electron chi connectivity index (χ2n) is 5.20. The largest absolute Gasteiger partial charge is 0.481 e. The maximum Gasteiger partial charge on any atom is 0.316 e. The second kappa shape index (κ2) is 5.60. The van der Waals surface area contributed by atoms with Crippen molar-refractivity contribution in [1.82, 2.24) is 0 Å². The summed E-state index contributed by atoms with van der Waals surface area (Å²) in [7, 11) is 0. The predicted molar refractivity (Wildman–Crippen MR) is 55.5 cm³/mol. The molecule has 94 valence electrons. The van der Waals surface area contributed by atoms with Crippen LogP contribution in [-0.2, 0) is 31.5 Å². The van der Waals surface area contributed by atoms with Crippen molar-refractivity contribution in [2.24, 2.45) is 10.8 Å². The van der Waals surface area contributed by atoms with Crippen molar-refractivity contribution >= 4 is 17.5 Å². The summed E-state index contributed by atoms with van der Waals surface area (Å²) in [5.74, 6) is -1.98. The fourth-order valence-electron chi connectivity index (χ4n) is 0.751. The molecular formula is C11H18FeO4. The van der Waals surface area contributed by atoms with Crippen LogP contribution in [0, 0.1) is 10.8 Å². The monoisotopic (exact) mass is 270 g/mol.